The van der Waals surface area contributed by atoms with E-state index in [0.29, 0.717) is 11.8 Å². The molecule has 0 saturated carbocycles. The normalized spacial score (nSPS) is 12.9. The third-order valence-electron chi connectivity index (χ3n) is 2.57. The zero-order valence-electron chi connectivity index (χ0n) is 11.0. The molecule has 86 valence electrons. The lowest BCUT2D eigenvalue weighted by molar-refractivity contribution is 0.360. The number of hydrogen-bond donors (Lipinski definition) is 0. The Hall–Kier alpha value is -0.790. The van der Waals surface area contributed by atoms with Gasteiger partial charge in [-0.1, -0.05) is 53.6 Å². The van der Waals surface area contributed by atoms with Gasteiger partial charge in [-0.15, -0.1) is 0 Å². The summed E-state index contributed by atoms with van der Waals surface area (Å²) in [7, 11) is 0. The van der Waals surface area contributed by atoms with Crippen LogP contribution >= 0.6 is 0 Å². The van der Waals surface area contributed by atoms with Crippen LogP contribution in [0.2, 0.25) is 0 Å². The number of nitrogens with zero attached hydrogens (tertiary/aromatic N) is 1. The zero-order valence-corrected chi connectivity index (χ0v) is 11.0. The molecule has 2 heteroatoms. The number of aromatic nitrogens is 1. The van der Waals surface area contributed by atoms with E-state index in [1.54, 1.807) is 0 Å². The van der Waals surface area contributed by atoms with E-state index in [9.17, 15) is 0 Å². The highest BCUT2D eigenvalue weighted by Crippen LogP contribution is 2.36. The topological polar surface area (TPSA) is 26.0 Å². The van der Waals surface area contributed by atoms with Crippen molar-refractivity contribution in [1.29, 1.82) is 0 Å². The average molecular weight is 209 g/mol. The standard InChI is InChI=1S/C13H23NO/c1-8(2)11-10(13(5,6)7)12(9(3)4)15-14-11/h8-9H,1-7H3. The second-order valence-electron chi connectivity index (χ2n) is 5.87. The summed E-state index contributed by atoms with van der Waals surface area (Å²) < 4.78 is 5.50. The van der Waals surface area contributed by atoms with Crippen molar-refractivity contribution in [3.8, 4) is 0 Å². The molecule has 2 nitrogen and oxygen atoms in total. The maximum absolute atomic E-state index is 5.50. The third-order valence-corrected chi connectivity index (χ3v) is 2.57. The molecule has 0 atom stereocenters. The molecule has 0 aromatic carbocycles. The van der Waals surface area contributed by atoms with Crippen LogP contribution in [0.15, 0.2) is 4.52 Å². The maximum Gasteiger partial charge on any atom is 0.143 e. The van der Waals surface area contributed by atoms with Crippen molar-refractivity contribution in [2.24, 2.45) is 0 Å². The van der Waals surface area contributed by atoms with Crippen molar-refractivity contribution in [1.82, 2.24) is 5.16 Å². The van der Waals surface area contributed by atoms with Crippen LogP contribution in [0.4, 0.5) is 0 Å². The van der Waals surface area contributed by atoms with Crippen LogP contribution in [0.3, 0.4) is 0 Å². The van der Waals surface area contributed by atoms with Crippen molar-refractivity contribution in [3.63, 3.8) is 0 Å². The lowest BCUT2D eigenvalue weighted by Gasteiger charge is -2.21. The molecule has 0 bridgehead atoms. The molecule has 1 heterocycles. The van der Waals surface area contributed by atoms with Gasteiger partial charge in [0.1, 0.15) is 5.76 Å². The van der Waals surface area contributed by atoms with Gasteiger partial charge in [0.15, 0.2) is 0 Å². The van der Waals surface area contributed by atoms with Crippen LogP contribution in [0.1, 0.15) is 77.3 Å². The molecule has 0 fully saturated rings. The summed E-state index contributed by atoms with van der Waals surface area (Å²) >= 11 is 0. The maximum atomic E-state index is 5.50. The Morgan fingerprint density at radius 3 is 1.87 bits per heavy atom. The van der Waals surface area contributed by atoms with Crippen molar-refractivity contribution < 1.29 is 4.52 Å². The summed E-state index contributed by atoms with van der Waals surface area (Å²) in [5.41, 5.74) is 2.53. The molecule has 0 saturated heterocycles. The van der Waals surface area contributed by atoms with E-state index in [0.717, 1.165) is 11.5 Å². The molecule has 1 aromatic rings. The smallest absolute Gasteiger partial charge is 0.143 e. The summed E-state index contributed by atoms with van der Waals surface area (Å²) in [5.74, 6) is 1.88. The molecule has 0 aliphatic carbocycles. The first-order chi connectivity index (χ1) is 6.75. The minimum Gasteiger partial charge on any atom is -0.361 e. The molecule has 15 heavy (non-hydrogen) atoms. The third kappa shape index (κ3) is 2.42. The minimum atomic E-state index is 0.110. The lowest BCUT2D eigenvalue weighted by Crippen LogP contribution is -2.16. The van der Waals surface area contributed by atoms with E-state index in [1.807, 2.05) is 0 Å². The van der Waals surface area contributed by atoms with Gasteiger partial charge in [0, 0.05) is 11.5 Å². The molecule has 1 rings (SSSR count). The van der Waals surface area contributed by atoms with Crippen LogP contribution in [0.5, 0.6) is 0 Å². The van der Waals surface area contributed by atoms with Crippen LogP contribution in [-0.4, -0.2) is 5.16 Å². The highest BCUT2D eigenvalue weighted by molar-refractivity contribution is 5.33. The van der Waals surface area contributed by atoms with Gasteiger partial charge in [0.2, 0.25) is 0 Å². The van der Waals surface area contributed by atoms with Crippen molar-refractivity contribution >= 4 is 0 Å². The second-order valence-corrected chi connectivity index (χ2v) is 5.87. The first-order valence-corrected chi connectivity index (χ1v) is 5.75. The number of hydrogen-bond acceptors (Lipinski definition) is 2. The van der Waals surface area contributed by atoms with Crippen molar-refractivity contribution in [2.75, 3.05) is 0 Å². The summed E-state index contributed by atoms with van der Waals surface area (Å²) in [6.07, 6.45) is 0. The predicted octanol–water partition coefficient (Wildman–Crippen LogP) is 4.22. The Balaban J connectivity index is 3.34. The highest BCUT2D eigenvalue weighted by Gasteiger charge is 2.29. The quantitative estimate of drug-likeness (QED) is 0.729. The molecular weight excluding hydrogens is 186 g/mol. The van der Waals surface area contributed by atoms with Gasteiger partial charge in [-0.2, -0.15) is 0 Å². The van der Waals surface area contributed by atoms with Gasteiger partial charge < -0.3 is 4.52 Å². The van der Waals surface area contributed by atoms with Gasteiger partial charge >= 0.3 is 0 Å². The average Bonchev–Trinajstić information content (AvgIpc) is 2.45. The zero-order chi connectivity index (χ0) is 11.8. The molecule has 0 aliphatic rings. The Bertz CT molecular complexity index is 303. The van der Waals surface area contributed by atoms with Crippen LogP contribution in [0, 0.1) is 0 Å². The summed E-state index contributed by atoms with van der Waals surface area (Å²) in [5, 5.41) is 4.23. The van der Waals surface area contributed by atoms with Gasteiger partial charge in [-0.25, -0.2) is 0 Å². The van der Waals surface area contributed by atoms with E-state index in [-0.39, 0.29) is 5.41 Å². The molecule has 0 unspecified atom stereocenters. The van der Waals surface area contributed by atoms with E-state index in [2.05, 4.69) is 53.6 Å². The van der Waals surface area contributed by atoms with E-state index < -0.39 is 0 Å². The Labute approximate surface area is 93.0 Å². The number of rotatable bonds is 2. The summed E-state index contributed by atoms with van der Waals surface area (Å²) in [6, 6.07) is 0. The summed E-state index contributed by atoms with van der Waals surface area (Å²) in [6.45, 7) is 15.3. The highest BCUT2D eigenvalue weighted by atomic mass is 16.5. The predicted molar refractivity (Wildman–Crippen MR) is 63.4 cm³/mol. The largest absolute Gasteiger partial charge is 0.361 e. The van der Waals surface area contributed by atoms with E-state index in [1.165, 1.54) is 5.56 Å². The minimum absolute atomic E-state index is 0.110. The molecule has 0 spiro atoms. The molecule has 1 aromatic heterocycles. The molecule has 0 amide bonds. The Kier molecular flexibility index (Phi) is 3.27. The van der Waals surface area contributed by atoms with E-state index >= 15 is 0 Å². The second kappa shape index (κ2) is 3.99. The van der Waals surface area contributed by atoms with Gasteiger partial charge in [0.25, 0.3) is 0 Å². The summed E-state index contributed by atoms with van der Waals surface area (Å²) in [4.78, 5) is 0. The van der Waals surface area contributed by atoms with Gasteiger partial charge in [-0.3, -0.25) is 0 Å². The van der Waals surface area contributed by atoms with Gasteiger partial charge in [-0.05, 0) is 11.3 Å². The first-order valence-electron chi connectivity index (χ1n) is 5.75. The van der Waals surface area contributed by atoms with Crippen LogP contribution in [0.25, 0.3) is 0 Å². The Morgan fingerprint density at radius 2 is 1.53 bits per heavy atom. The fourth-order valence-electron chi connectivity index (χ4n) is 1.86. The Morgan fingerprint density at radius 1 is 1.00 bits per heavy atom. The monoisotopic (exact) mass is 209 g/mol. The van der Waals surface area contributed by atoms with E-state index in [4.69, 9.17) is 4.52 Å². The molecule has 0 aliphatic heterocycles. The fraction of sp³-hybridized carbons (Fsp3) is 0.769. The fourth-order valence-corrected chi connectivity index (χ4v) is 1.86. The molecule has 0 N–H and O–H groups in total. The van der Waals surface area contributed by atoms with Gasteiger partial charge in [0.05, 0.1) is 5.69 Å². The van der Waals surface area contributed by atoms with Crippen molar-refractivity contribution in [3.05, 3.63) is 17.0 Å². The first kappa shape index (κ1) is 12.3. The molecular formula is C13H23NO. The molecule has 0 radical (unpaired) electrons. The van der Waals surface area contributed by atoms with Crippen molar-refractivity contribution in [2.45, 2.75) is 65.7 Å². The SMILES string of the molecule is CC(C)c1noc(C(C)C)c1C(C)(C)C. The lowest BCUT2D eigenvalue weighted by atomic mass is 9.81. The van der Waals surface area contributed by atoms with Crippen LogP contribution < -0.4 is 0 Å². The van der Waals surface area contributed by atoms with Crippen LogP contribution in [-0.2, 0) is 5.41 Å².